The number of nitrogens with one attached hydrogen (secondary N) is 2. The zero-order valence-corrected chi connectivity index (χ0v) is 63.1. The second kappa shape index (κ2) is 98.6. The summed E-state index contributed by atoms with van der Waals surface area (Å²) in [5.74, 6) is 4.17. The van der Waals surface area contributed by atoms with Crippen LogP contribution in [0.25, 0.3) is 0 Å². The van der Waals surface area contributed by atoms with Crippen LogP contribution in [0, 0.1) is 4.78 Å². The van der Waals surface area contributed by atoms with Crippen LogP contribution in [0.15, 0.2) is 0 Å². The van der Waals surface area contributed by atoms with Crippen molar-refractivity contribution in [1.29, 1.82) is 4.78 Å². The number of rotatable bonds is 26. The SMILES string of the molecule is CCN(CCCCl)C(C)C.CCN(CCCCl)C(C)C.CCN(CCCS(=N)N)C(C)C.CCN(CCCS)C(C)C.CCNC(C)C.CCO.Cl.ClCCCBr.NC(N)=S.O=CO[O-].[H-].[K+].[K+].[Na+].[OH-]. The largest absolute Gasteiger partial charge is 1.00 e. The van der Waals surface area contributed by atoms with E-state index in [0.29, 0.717) is 30.2 Å². The molecule has 416 valence electrons. The van der Waals surface area contributed by atoms with Crippen molar-refractivity contribution in [3.63, 3.8) is 0 Å². The Bertz CT molecular complexity index is 843. The maximum absolute atomic E-state index is 8.64. The van der Waals surface area contributed by atoms with Crippen LogP contribution in [0.2, 0.25) is 0 Å². The van der Waals surface area contributed by atoms with Crippen molar-refractivity contribution in [3.05, 3.63) is 0 Å². The van der Waals surface area contributed by atoms with Gasteiger partial charge in [-0.3, -0.25) is 14.7 Å². The van der Waals surface area contributed by atoms with E-state index in [1.165, 1.54) is 13.0 Å². The molecule has 0 aromatic carbocycles. The third-order valence-corrected chi connectivity index (χ3v) is 10.4. The van der Waals surface area contributed by atoms with Crippen molar-refractivity contribution >= 4 is 110 Å². The van der Waals surface area contributed by atoms with E-state index in [9.17, 15) is 0 Å². The summed E-state index contributed by atoms with van der Waals surface area (Å²) >= 11 is 27.9. The second-order valence-corrected chi connectivity index (χ2v) is 19.0. The number of thiocarbonyl (C=S) groups is 1. The fraction of sp³-hybridized carbons (Fsp3) is 0.955. The van der Waals surface area contributed by atoms with E-state index in [2.05, 4.69) is 186 Å². The summed E-state index contributed by atoms with van der Waals surface area (Å²) in [6.07, 6.45) is 5.53. The maximum Gasteiger partial charge on any atom is 1.00 e. The molecule has 0 aromatic rings. The summed E-state index contributed by atoms with van der Waals surface area (Å²) in [5, 5.41) is 25.6. The number of aliphatic hydroxyl groups is 1. The van der Waals surface area contributed by atoms with Crippen LogP contribution >= 0.6 is 88.0 Å². The van der Waals surface area contributed by atoms with Gasteiger partial charge in [-0.25, -0.2) is 0 Å². The molecule has 14 nitrogen and oxygen atoms in total. The zero-order chi connectivity index (χ0) is 52.3. The third-order valence-electron chi connectivity index (χ3n) is 8.04. The summed E-state index contributed by atoms with van der Waals surface area (Å²) in [5.41, 5.74) is 9.24. The number of halogens is 5. The van der Waals surface area contributed by atoms with Gasteiger partial charge in [-0.2, -0.15) is 12.6 Å². The summed E-state index contributed by atoms with van der Waals surface area (Å²) in [4.78, 5) is 20.9. The molecular weight excluding hydrogens is 1150 g/mol. The monoisotopic (exact) mass is 1260 g/mol. The Hall–Kier alpha value is 5.21. The molecule has 0 aromatic heterocycles. The number of aliphatic hydroxyl groups excluding tert-OH is 1. The van der Waals surface area contributed by atoms with Crippen LogP contribution in [0.3, 0.4) is 0 Å². The Balaban J connectivity index is -0.0000000381. The quantitative estimate of drug-likeness (QED) is 0.0116. The molecule has 0 radical (unpaired) electrons. The molecule has 0 saturated heterocycles. The Morgan fingerprint density at radius 1 is 0.754 bits per heavy atom. The Morgan fingerprint density at radius 2 is 1.00 bits per heavy atom. The molecule has 0 amide bonds. The first-order chi connectivity index (χ1) is 30.0. The molecule has 25 heteroatoms. The number of nitrogens with zero attached hydrogens (tertiary/aromatic N) is 4. The summed E-state index contributed by atoms with van der Waals surface area (Å²) in [6.45, 7) is 44.8. The minimum Gasteiger partial charge on any atom is -1.00 e. The van der Waals surface area contributed by atoms with Crippen molar-refractivity contribution in [2.24, 2.45) is 16.6 Å². The molecule has 1 atom stereocenters. The molecule has 0 rings (SSSR count). The average Bonchev–Trinajstić information content (AvgIpc) is 3.21. The van der Waals surface area contributed by atoms with Crippen molar-refractivity contribution in [2.45, 2.75) is 173 Å². The van der Waals surface area contributed by atoms with E-state index in [4.69, 9.17) is 59.9 Å². The van der Waals surface area contributed by atoms with Gasteiger partial charge in [0.25, 0.3) is 6.47 Å². The Morgan fingerprint density at radius 3 is 1.12 bits per heavy atom. The van der Waals surface area contributed by atoms with Crippen molar-refractivity contribution < 1.29 is 159 Å². The predicted octanol–water partition coefficient (Wildman–Crippen LogP) is 0.0950. The molecule has 0 aliphatic carbocycles. The number of alkyl halides is 4. The van der Waals surface area contributed by atoms with Gasteiger partial charge in [0.15, 0.2) is 5.11 Å². The first-order valence-electron chi connectivity index (χ1n) is 23.1. The second-order valence-electron chi connectivity index (χ2n) is 14.9. The average molecular weight is 1260 g/mol. The van der Waals surface area contributed by atoms with Crippen molar-refractivity contribution in [2.75, 3.05) is 100.0 Å². The number of nitrogens with two attached hydrogens (primary N) is 3. The van der Waals surface area contributed by atoms with Gasteiger partial charge in [-0.15, -0.1) is 47.2 Å². The fourth-order valence-electron chi connectivity index (χ4n) is 4.81. The molecular formula is C44H109BrCl4K2N9NaO5S3. The van der Waals surface area contributed by atoms with E-state index < -0.39 is 10.9 Å². The minimum absolute atomic E-state index is 0. The van der Waals surface area contributed by atoms with Gasteiger partial charge in [0.05, 0.1) is 0 Å². The van der Waals surface area contributed by atoms with Crippen molar-refractivity contribution in [3.8, 4) is 0 Å². The molecule has 0 aliphatic heterocycles. The van der Waals surface area contributed by atoms with E-state index >= 15 is 0 Å². The fourth-order valence-corrected chi connectivity index (χ4v) is 6.36. The predicted molar refractivity (Wildman–Crippen MR) is 312 cm³/mol. The summed E-state index contributed by atoms with van der Waals surface area (Å²) in [7, 11) is -0.624. The third kappa shape index (κ3) is 131. The molecule has 0 aliphatic rings. The van der Waals surface area contributed by atoms with E-state index in [1.54, 1.807) is 6.92 Å². The summed E-state index contributed by atoms with van der Waals surface area (Å²) in [6, 6.07) is 3.27. The van der Waals surface area contributed by atoms with Gasteiger partial charge >= 0.3 is 132 Å². The molecule has 0 heterocycles. The molecule has 0 saturated carbocycles. The van der Waals surface area contributed by atoms with Crippen molar-refractivity contribution in [1.82, 2.24) is 24.9 Å². The van der Waals surface area contributed by atoms with Crippen LogP contribution < -0.4 is 160 Å². The molecule has 0 fully saturated rings. The van der Waals surface area contributed by atoms with E-state index in [1.807, 2.05) is 0 Å². The number of hydrogen-bond donors (Lipinski definition) is 7. The van der Waals surface area contributed by atoms with Gasteiger partial charge in [0.2, 0.25) is 0 Å². The minimum atomic E-state index is -0.624. The normalized spacial score (nSPS) is 9.81. The van der Waals surface area contributed by atoms with E-state index in [0.717, 1.165) is 113 Å². The standard InChI is InChI=1S/2C8H18ClN.C8H21N3S.C8H19NS.C5H13N.C3H6BrCl.C2H6O.CH4N2S.CH2O3.ClH.2K.Na.H2O.H/c2*1-4-10(8(2)3)7-5-6-9;1-4-11(8(2)3)6-5-7-12(9)10;1-4-9(8(2)3)6-5-7-10;1-4-6-5(2)3;4-2-1-3-5;1-2-3;2-1(3)4;2-1-4-3;;;;;;/h2*8H,4-7H2,1-3H3;8H,4-7H2,1-3H3,(H3,9,10);8,10H,4-7H2,1-3H3;5-6H,4H2,1-3H3;1-3H2;3H,2H2,1H3;(H4,2,3,4);1,3H;1H;;;;1H2;/q;;;;;;;;;;3*+1;;-1/p-2. The topological polar surface area (TPSA) is 226 Å². The number of hydrogen-bond acceptors (Lipinski definition) is 13. The molecule has 69 heavy (non-hydrogen) atoms. The van der Waals surface area contributed by atoms with Gasteiger partial charge < -0.3 is 58.5 Å². The number of carbonyl (C=O) groups excluding carboxylic acids is 1. The molecule has 0 spiro atoms. The van der Waals surface area contributed by atoms with Gasteiger partial charge in [0.1, 0.15) is 0 Å². The van der Waals surface area contributed by atoms with Gasteiger partial charge in [-0.05, 0) is 182 Å². The van der Waals surface area contributed by atoms with Crippen LogP contribution in [0.1, 0.15) is 144 Å². The first kappa shape index (κ1) is 110. The first-order valence-corrected chi connectivity index (χ1v) is 28.3. The van der Waals surface area contributed by atoms with E-state index in [-0.39, 0.29) is 170 Å². The smallest absolute Gasteiger partial charge is 1.00 e. The van der Waals surface area contributed by atoms with Gasteiger partial charge in [-0.1, -0.05) is 64.4 Å². The Labute approximate surface area is 580 Å². The van der Waals surface area contributed by atoms with Crippen LogP contribution in [-0.2, 0) is 20.6 Å². The van der Waals surface area contributed by atoms with Crippen LogP contribution in [-0.4, -0.2) is 172 Å². The summed E-state index contributed by atoms with van der Waals surface area (Å²) < 4.78 is 7.17. The molecule has 10 N–H and O–H groups in total. The molecule has 0 bridgehead atoms. The zero-order valence-electron chi connectivity index (χ0n) is 48.6. The van der Waals surface area contributed by atoms with Crippen LogP contribution in [0.4, 0.5) is 0 Å². The van der Waals surface area contributed by atoms with Gasteiger partial charge in [0, 0.05) is 65.5 Å². The Kier molecular flexibility index (Phi) is 157. The number of carbonyl (C=O) groups is 1. The van der Waals surface area contributed by atoms with Crippen LogP contribution in [0.5, 0.6) is 0 Å². The maximum atomic E-state index is 8.64. The molecule has 1 unspecified atom stereocenters. The number of thiol groups is 1.